The normalized spacial score (nSPS) is 17.6. The van der Waals surface area contributed by atoms with Crippen LogP contribution in [0.5, 0.6) is 11.5 Å². The third kappa shape index (κ3) is 4.63. The van der Waals surface area contributed by atoms with E-state index in [1.54, 1.807) is 48.5 Å². The van der Waals surface area contributed by atoms with Gasteiger partial charge in [-0.3, -0.25) is 9.59 Å². The van der Waals surface area contributed by atoms with Crippen LogP contribution in [-0.2, 0) is 9.59 Å². The zero-order valence-electron chi connectivity index (χ0n) is 17.8. The van der Waals surface area contributed by atoms with Crippen LogP contribution in [-0.4, -0.2) is 41.5 Å². The Morgan fingerprint density at radius 3 is 2.48 bits per heavy atom. The maximum Gasteiger partial charge on any atom is 0.295 e. The minimum atomic E-state index is -0.696. The third-order valence-corrected chi connectivity index (χ3v) is 4.98. The molecule has 31 heavy (non-hydrogen) atoms. The number of likely N-dealkylation sites (tertiary alicyclic amines) is 1. The Kier molecular flexibility index (Phi) is 7.13. The number of hydrogen-bond acceptors (Lipinski definition) is 5. The van der Waals surface area contributed by atoms with Crippen LogP contribution in [0.25, 0.3) is 5.76 Å². The Hall–Kier alpha value is -3.54. The predicted molar refractivity (Wildman–Crippen MR) is 119 cm³/mol. The average molecular weight is 421 g/mol. The summed E-state index contributed by atoms with van der Waals surface area (Å²) in [6.07, 6.45) is 2.32. The summed E-state index contributed by atoms with van der Waals surface area (Å²) in [6, 6.07) is 13.3. The van der Waals surface area contributed by atoms with Gasteiger partial charge in [0.15, 0.2) is 0 Å². The number of ketones is 1. The number of benzene rings is 2. The van der Waals surface area contributed by atoms with Crippen molar-refractivity contribution in [2.75, 3.05) is 19.8 Å². The highest BCUT2D eigenvalue weighted by Gasteiger charge is 2.45. The average Bonchev–Trinajstić information content (AvgIpc) is 3.03. The number of aliphatic hydroxyl groups is 1. The number of carbonyl (C=O) groups excluding carboxylic acids is 2. The van der Waals surface area contributed by atoms with E-state index < -0.39 is 17.7 Å². The lowest BCUT2D eigenvalue weighted by Gasteiger charge is -2.25. The summed E-state index contributed by atoms with van der Waals surface area (Å²) in [5, 5.41) is 11.1. The van der Waals surface area contributed by atoms with Gasteiger partial charge in [-0.25, -0.2) is 0 Å². The maximum atomic E-state index is 12.9. The van der Waals surface area contributed by atoms with Crippen molar-refractivity contribution < 1.29 is 24.2 Å². The largest absolute Gasteiger partial charge is 0.507 e. The minimum Gasteiger partial charge on any atom is -0.507 e. The Bertz CT molecular complexity index is 993. The van der Waals surface area contributed by atoms with E-state index >= 15 is 0 Å². The monoisotopic (exact) mass is 421 g/mol. The molecule has 0 aromatic heterocycles. The Balaban J connectivity index is 2.09. The first-order valence-electron chi connectivity index (χ1n) is 10.4. The fraction of sp³-hybridized carbons (Fsp3) is 0.280. The van der Waals surface area contributed by atoms with Gasteiger partial charge in [-0.05, 0) is 55.3 Å². The number of hydrogen-bond donors (Lipinski definition) is 1. The second-order valence-electron chi connectivity index (χ2n) is 7.12. The Labute approximate surface area is 182 Å². The first-order valence-corrected chi connectivity index (χ1v) is 10.4. The first-order chi connectivity index (χ1) is 15.0. The van der Waals surface area contributed by atoms with Crippen LogP contribution in [0, 0.1) is 0 Å². The van der Waals surface area contributed by atoms with Crippen molar-refractivity contribution in [2.24, 2.45) is 0 Å². The topological polar surface area (TPSA) is 76.1 Å². The summed E-state index contributed by atoms with van der Waals surface area (Å²) in [5.41, 5.74) is 1.21. The number of carbonyl (C=O) groups is 2. The van der Waals surface area contributed by atoms with E-state index in [1.165, 1.54) is 4.90 Å². The van der Waals surface area contributed by atoms with Crippen LogP contribution in [0.2, 0.25) is 0 Å². The van der Waals surface area contributed by atoms with Gasteiger partial charge in [0.05, 0.1) is 18.2 Å². The van der Waals surface area contributed by atoms with E-state index in [-0.39, 0.29) is 11.3 Å². The number of Topliss-reactive ketones (excluding diaryl/α,β-unsaturated/α-hetero) is 1. The van der Waals surface area contributed by atoms with E-state index in [2.05, 4.69) is 6.58 Å². The van der Waals surface area contributed by atoms with E-state index in [9.17, 15) is 14.7 Å². The molecule has 0 saturated carbocycles. The number of ether oxygens (including phenoxy) is 2. The summed E-state index contributed by atoms with van der Waals surface area (Å²) < 4.78 is 11.1. The smallest absolute Gasteiger partial charge is 0.295 e. The molecule has 0 spiro atoms. The molecule has 6 nitrogen and oxygen atoms in total. The van der Waals surface area contributed by atoms with Crippen LogP contribution in [0.1, 0.15) is 37.4 Å². The van der Waals surface area contributed by atoms with E-state index in [4.69, 9.17) is 9.47 Å². The van der Waals surface area contributed by atoms with Gasteiger partial charge < -0.3 is 19.5 Å². The van der Waals surface area contributed by atoms with Crippen molar-refractivity contribution in [1.29, 1.82) is 0 Å². The summed E-state index contributed by atoms with van der Waals surface area (Å²) in [6.45, 7) is 8.73. The van der Waals surface area contributed by atoms with Gasteiger partial charge in [-0.2, -0.15) is 0 Å². The van der Waals surface area contributed by atoms with Gasteiger partial charge in [0.25, 0.3) is 11.7 Å². The van der Waals surface area contributed by atoms with Gasteiger partial charge in [0, 0.05) is 12.1 Å². The van der Waals surface area contributed by atoms with Crippen LogP contribution in [0.15, 0.2) is 66.8 Å². The van der Waals surface area contributed by atoms with Crippen LogP contribution in [0.3, 0.4) is 0 Å². The number of amides is 1. The molecule has 1 aliphatic heterocycles. The van der Waals surface area contributed by atoms with Gasteiger partial charge >= 0.3 is 0 Å². The molecule has 1 fully saturated rings. The van der Waals surface area contributed by atoms with Crippen molar-refractivity contribution in [3.8, 4) is 11.5 Å². The molecule has 2 aromatic rings. The number of rotatable bonds is 9. The summed E-state index contributed by atoms with van der Waals surface area (Å²) in [4.78, 5) is 27.2. The van der Waals surface area contributed by atoms with Crippen molar-refractivity contribution in [3.05, 3.63) is 77.9 Å². The van der Waals surface area contributed by atoms with Gasteiger partial charge in [0.2, 0.25) is 0 Å². The van der Waals surface area contributed by atoms with Crippen molar-refractivity contribution in [1.82, 2.24) is 4.90 Å². The molecule has 3 rings (SSSR count). The van der Waals surface area contributed by atoms with Crippen LogP contribution < -0.4 is 9.47 Å². The molecule has 0 aliphatic carbocycles. The standard InChI is InChI=1S/C25H27NO5/c1-4-14-26-22(18-8-7-9-20(16-18)31-15-5-2)21(24(28)25(26)29)23(27)17-10-12-19(13-11-17)30-6-3/h5,7-13,16,22,27H,2,4,6,14-15H2,1,3H3/b23-21-. The molecule has 1 saturated heterocycles. The maximum absolute atomic E-state index is 12.9. The molecule has 2 aromatic carbocycles. The van der Waals surface area contributed by atoms with Gasteiger partial charge in [-0.1, -0.05) is 31.7 Å². The predicted octanol–water partition coefficient (Wildman–Crippen LogP) is 4.48. The number of nitrogens with zero attached hydrogens (tertiary/aromatic N) is 1. The SMILES string of the molecule is C=CCOc1cccc(C2/C(=C(/O)c3ccc(OCC)cc3)C(=O)C(=O)N2CCC)c1. The van der Waals surface area contributed by atoms with E-state index in [1.807, 2.05) is 19.9 Å². The molecule has 1 aliphatic rings. The molecule has 1 heterocycles. The molecule has 1 amide bonds. The fourth-order valence-electron chi connectivity index (χ4n) is 3.66. The molecule has 6 heteroatoms. The van der Waals surface area contributed by atoms with Crippen LogP contribution >= 0.6 is 0 Å². The highest BCUT2D eigenvalue weighted by molar-refractivity contribution is 6.46. The summed E-state index contributed by atoms with van der Waals surface area (Å²) in [5.74, 6) is -0.254. The lowest BCUT2D eigenvalue weighted by molar-refractivity contribution is -0.139. The summed E-state index contributed by atoms with van der Waals surface area (Å²) >= 11 is 0. The fourth-order valence-corrected chi connectivity index (χ4v) is 3.66. The Morgan fingerprint density at radius 2 is 1.84 bits per heavy atom. The third-order valence-electron chi connectivity index (χ3n) is 4.98. The second kappa shape index (κ2) is 9.98. The lowest BCUT2D eigenvalue weighted by Crippen LogP contribution is -2.30. The van der Waals surface area contributed by atoms with Crippen molar-refractivity contribution in [3.63, 3.8) is 0 Å². The van der Waals surface area contributed by atoms with E-state index in [0.29, 0.717) is 48.8 Å². The lowest BCUT2D eigenvalue weighted by atomic mass is 9.95. The molecule has 162 valence electrons. The zero-order valence-corrected chi connectivity index (χ0v) is 17.8. The zero-order chi connectivity index (χ0) is 22.4. The first kappa shape index (κ1) is 22.2. The van der Waals surface area contributed by atoms with Gasteiger partial charge in [-0.15, -0.1) is 0 Å². The minimum absolute atomic E-state index is 0.0727. The molecular formula is C25H27NO5. The quantitative estimate of drug-likeness (QED) is 0.280. The highest BCUT2D eigenvalue weighted by Crippen LogP contribution is 2.40. The number of aliphatic hydroxyl groups excluding tert-OH is 1. The molecule has 0 bridgehead atoms. The van der Waals surface area contributed by atoms with E-state index in [0.717, 1.165) is 0 Å². The van der Waals surface area contributed by atoms with Crippen molar-refractivity contribution >= 4 is 17.4 Å². The summed E-state index contributed by atoms with van der Waals surface area (Å²) in [7, 11) is 0. The van der Waals surface area contributed by atoms with Crippen molar-refractivity contribution in [2.45, 2.75) is 26.3 Å². The molecule has 1 N–H and O–H groups in total. The highest BCUT2D eigenvalue weighted by atomic mass is 16.5. The second-order valence-corrected chi connectivity index (χ2v) is 7.12. The molecule has 1 atom stereocenters. The Morgan fingerprint density at radius 1 is 1.10 bits per heavy atom. The molecule has 0 radical (unpaired) electrons. The van der Waals surface area contributed by atoms with Gasteiger partial charge in [0.1, 0.15) is 23.9 Å². The van der Waals surface area contributed by atoms with Crippen LogP contribution in [0.4, 0.5) is 0 Å². The molecular weight excluding hydrogens is 394 g/mol. The molecule has 1 unspecified atom stereocenters.